The number of carbonyl (C=O) groups excluding carboxylic acids is 1. The summed E-state index contributed by atoms with van der Waals surface area (Å²) in [5.41, 5.74) is 0. The molecule has 82 valence electrons. The third-order valence-electron chi connectivity index (χ3n) is 2.34. The molecular formula is C10H14N2O3. The SMILES string of the molecule is C#CCCNC(=O)N1CCCC1C(=O)O. The van der Waals surface area contributed by atoms with E-state index in [0.717, 1.165) is 6.42 Å². The summed E-state index contributed by atoms with van der Waals surface area (Å²) in [6.07, 6.45) is 6.75. The first-order valence-corrected chi connectivity index (χ1v) is 4.87. The van der Waals surface area contributed by atoms with Gasteiger partial charge in [0, 0.05) is 19.5 Å². The predicted molar refractivity (Wildman–Crippen MR) is 54.2 cm³/mol. The Bertz CT molecular complexity index is 296. The summed E-state index contributed by atoms with van der Waals surface area (Å²) in [7, 11) is 0. The number of hydrogen-bond acceptors (Lipinski definition) is 2. The van der Waals surface area contributed by atoms with Crippen LogP contribution < -0.4 is 5.32 Å². The Labute approximate surface area is 88.4 Å². The number of urea groups is 1. The van der Waals surface area contributed by atoms with Crippen LogP contribution in [0.15, 0.2) is 0 Å². The number of likely N-dealkylation sites (tertiary alicyclic amines) is 1. The number of carboxylic acid groups (broad SMARTS) is 1. The van der Waals surface area contributed by atoms with Gasteiger partial charge in [0.2, 0.25) is 0 Å². The molecule has 0 saturated carbocycles. The Morgan fingerprint density at radius 3 is 2.93 bits per heavy atom. The molecule has 0 radical (unpaired) electrons. The number of carboxylic acids is 1. The smallest absolute Gasteiger partial charge is 0.326 e. The Balaban J connectivity index is 2.45. The van der Waals surface area contributed by atoms with Crippen molar-refractivity contribution in [3.8, 4) is 12.3 Å². The maximum absolute atomic E-state index is 11.5. The van der Waals surface area contributed by atoms with Crippen LogP contribution in [0.3, 0.4) is 0 Å². The van der Waals surface area contributed by atoms with Gasteiger partial charge < -0.3 is 15.3 Å². The molecule has 0 aromatic carbocycles. The second-order valence-corrected chi connectivity index (χ2v) is 3.38. The Hall–Kier alpha value is -1.70. The normalized spacial score (nSPS) is 19.7. The van der Waals surface area contributed by atoms with E-state index in [1.807, 2.05) is 0 Å². The lowest BCUT2D eigenvalue weighted by atomic mass is 10.2. The van der Waals surface area contributed by atoms with Crippen molar-refractivity contribution >= 4 is 12.0 Å². The van der Waals surface area contributed by atoms with Crippen LogP contribution in [0.5, 0.6) is 0 Å². The molecule has 5 heteroatoms. The first-order valence-electron chi connectivity index (χ1n) is 4.87. The number of hydrogen-bond donors (Lipinski definition) is 2. The van der Waals surface area contributed by atoms with Crippen LogP contribution in [0, 0.1) is 12.3 Å². The molecule has 1 aliphatic rings. The third kappa shape index (κ3) is 2.88. The number of carbonyl (C=O) groups is 2. The van der Waals surface area contributed by atoms with Gasteiger partial charge in [0.15, 0.2) is 0 Å². The molecule has 1 aliphatic heterocycles. The minimum atomic E-state index is -0.945. The van der Waals surface area contributed by atoms with E-state index in [9.17, 15) is 9.59 Å². The summed E-state index contributed by atoms with van der Waals surface area (Å²) < 4.78 is 0. The highest BCUT2D eigenvalue weighted by molar-refractivity contribution is 5.83. The first kappa shape index (κ1) is 11.4. The summed E-state index contributed by atoms with van der Waals surface area (Å²) in [4.78, 5) is 23.7. The van der Waals surface area contributed by atoms with Crippen LogP contribution >= 0.6 is 0 Å². The number of nitrogens with zero attached hydrogens (tertiary/aromatic N) is 1. The van der Waals surface area contributed by atoms with Crippen molar-refractivity contribution in [2.75, 3.05) is 13.1 Å². The molecule has 0 aliphatic carbocycles. The van der Waals surface area contributed by atoms with E-state index in [-0.39, 0.29) is 6.03 Å². The molecular weight excluding hydrogens is 196 g/mol. The third-order valence-corrected chi connectivity index (χ3v) is 2.34. The van der Waals surface area contributed by atoms with Gasteiger partial charge in [-0.3, -0.25) is 0 Å². The van der Waals surface area contributed by atoms with Gasteiger partial charge in [0.1, 0.15) is 6.04 Å². The quantitative estimate of drug-likeness (QED) is 0.519. The molecule has 0 aromatic rings. The average Bonchev–Trinajstić information content (AvgIpc) is 2.66. The van der Waals surface area contributed by atoms with Crippen LogP contribution in [0.1, 0.15) is 19.3 Å². The number of aliphatic carboxylic acids is 1. The lowest BCUT2D eigenvalue weighted by Gasteiger charge is -2.21. The zero-order chi connectivity index (χ0) is 11.3. The van der Waals surface area contributed by atoms with E-state index in [0.29, 0.717) is 25.9 Å². The predicted octanol–water partition coefficient (Wildman–Crippen LogP) is 0.268. The zero-order valence-electron chi connectivity index (χ0n) is 8.40. The molecule has 1 unspecified atom stereocenters. The first-order chi connectivity index (χ1) is 7.16. The highest BCUT2D eigenvalue weighted by atomic mass is 16.4. The summed E-state index contributed by atoms with van der Waals surface area (Å²) in [6.45, 7) is 0.886. The van der Waals surface area contributed by atoms with Crippen LogP contribution in [0.4, 0.5) is 4.79 Å². The maximum Gasteiger partial charge on any atom is 0.326 e. The minimum absolute atomic E-state index is 0.338. The van der Waals surface area contributed by atoms with E-state index in [2.05, 4.69) is 11.2 Å². The number of amides is 2. The van der Waals surface area contributed by atoms with E-state index < -0.39 is 12.0 Å². The highest BCUT2D eigenvalue weighted by Crippen LogP contribution is 2.16. The monoisotopic (exact) mass is 210 g/mol. The van der Waals surface area contributed by atoms with Crippen LogP contribution in [0.25, 0.3) is 0 Å². The van der Waals surface area contributed by atoms with Gasteiger partial charge in [-0.2, -0.15) is 0 Å². The summed E-state index contributed by atoms with van der Waals surface area (Å²) in [5.74, 6) is 1.45. The van der Waals surface area contributed by atoms with Gasteiger partial charge in [-0.15, -0.1) is 12.3 Å². The number of terminal acetylenes is 1. The lowest BCUT2D eigenvalue weighted by Crippen LogP contribution is -2.46. The van der Waals surface area contributed by atoms with Crippen LogP contribution in [0.2, 0.25) is 0 Å². The molecule has 1 saturated heterocycles. The Morgan fingerprint density at radius 2 is 2.33 bits per heavy atom. The Kier molecular flexibility index (Phi) is 3.98. The number of nitrogens with one attached hydrogen (secondary N) is 1. The summed E-state index contributed by atoms with van der Waals surface area (Å²) in [6, 6.07) is -1.02. The van der Waals surface area contributed by atoms with E-state index in [1.54, 1.807) is 0 Å². The fourth-order valence-electron chi connectivity index (χ4n) is 1.61. The van der Waals surface area contributed by atoms with Crippen molar-refractivity contribution in [1.82, 2.24) is 10.2 Å². The van der Waals surface area contributed by atoms with E-state index in [4.69, 9.17) is 11.5 Å². The Morgan fingerprint density at radius 1 is 1.60 bits per heavy atom. The van der Waals surface area contributed by atoms with Gasteiger partial charge in [-0.25, -0.2) is 9.59 Å². The van der Waals surface area contributed by atoms with Gasteiger partial charge in [-0.1, -0.05) is 0 Å². The molecule has 5 nitrogen and oxygen atoms in total. The molecule has 1 fully saturated rings. The van der Waals surface area contributed by atoms with Crippen molar-refractivity contribution in [3.05, 3.63) is 0 Å². The maximum atomic E-state index is 11.5. The number of rotatable bonds is 3. The molecule has 1 rings (SSSR count). The summed E-state index contributed by atoms with van der Waals surface area (Å²) in [5, 5.41) is 11.4. The molecule has 1 atom stereocenters. The van der Waals surface area contributed by atoms with Crippen molar-refractivity contribution in [2.45, 2.75) is 25.3 Å². The van der Waals surface area contributed by atoms with Crippen LogP contribution in [-0.4, -0.2) is 41.1 Å². The van der Waals surface area contributed by atoms with Crippen molar-refractivity contribution in [3.63, 3.8) is 0 Å². The van der Waals surface area contributed by atoms with Crippen molar-refractivity contribution in [1.29, 1.82) is 0 Å². The van der Waals surface area contributed by atoms with Gasteiger partial charge in [0.05, 0.1) is 0 Å². The average molecular weight is 210 g/mol. The van der Waals surface area contributed by atoms with Crippen molar-refractivity contribution < 1.29 is 14.7 Å². The molecule has 0 aromatic heterocycles. The molecule has 0 bridgehead atoms. The van der Waals surface area contributed by atoms with Crippen molar-refractivity contribution in [2.24, 2.45) is 0 Å². The fraction of sp³-hybridized carbons (Fsp3) is 0.600. The van der Waals surface area contributed by atoms with Gasteiger partial charge in [-0.05, 0) is 12.8 Å². The molecule has 0 spiro atoms. The molecule has 2 N–H and O–H groups in total. The highest BCUT2D eigenvalue weighted by Gasteiger charge is 2.33. The standard InChI is InChI=1S/C10H14N2O3/c1-2-3-6-11-10(15)12-7-4-5-8(12)9(13)14/h1,8H,3-7H2,(H,11,15)(H,13,14). The second kappa shape index (κ2) is 5.25. The minimum Gasteiger partial charge on any atom is -0.480 e. The lowest BCUT2D eigenvalue weighted by molar-refractivity contribution is -0.141. The largest absolute Gasteiger partial charge is 0.480 e. The zero-order valence-corrected chi connectivity index (χ0v) is 8.40. The van der Waals surface area contributed by atoms with E-state index in [1.165, 1.54) is 4.90 Å². The molecule has 1 heterocycles. The molecule has 2 amide bonds. The summed E-state index contributed by atoms with van der Waals surface area (Å²) >= 11 is 0. The van der Waals surface area contributed by atoms with Crippen LogP contribution in [-0.2, 0) is 4.79 Å². The van der Waals surface area contributed by atoms with E-state index >= 15 is 0 Å². The topological polar surface area (TPSA) is 69.6 Å². The van der Waals surface area contributed by atoms with Gasteiger partial charge >= 0.3 is 12.0 Å². The molecule has 15 heavy (non-hydrogen) atoms. The second-order valence-electron chi connectivity index (χ2n) is 3.38. The van der Waals surface area contributed by atoms with Gasteiger partial charge in [0.25, 0.3) is 0 Å². The fourth-order valence-corrected chi connectivity index (χ4v) is 1.61.